The third-order valence-corrected chi connectivity index (χ3v) is 2.23. The summed E-state index contributed by atoms with van der Waals surface area (Å²) >= 11 is 0. The maximum atomic E-state index is 10.1. The van der Waals surface area contributed by atoms with Crippen molar-refractivity contribution in [1.29, 1.82) is 0 Å². The van der Waals surface area contributed by atoms with E-state index in [2.05, 4.69) is 4.74 Å². The predicted molar refractivity (Wildman–Crippen MR) is 73.7 cm³/mol. The van der Waals surface area contributed by atoms with Crippen LogP contribution in [0.15, 0.2) is 0 Å². The molecule has 0 heterocycles. The number of hydrogen-bond acceptors (Lipinski definition) is 5. The lowest BCUT2D eigenvalue weighted by Crippen LogP contribution is -2.13. The molecular weight excluding hydrogens is 300 g/mol. The lowest BCUT2D eigenvalue weighted by atomic mass is 10.1. The van der Waals surface area contributed by atoms with Gasteiger partial charge in [0.05, 0.1) is 0 Å². The third-order valence-electron chi connectivity index (χ3n) is 2.23. The summed E-state index contributed by atoms with van der Waals surface area (Å²) in [4.78, 5) is 39.5. The van der Waals surface area contributed by atoms with Gasteiger partial charge in [0.2, 0.25) is 0 Å². The Labute approximate surface area is 127 Å². The Kier molecular flexibility index (Phi) is 15.3. The molecule has 0 rings (SSSR count). The molecule has 0 saturated carbocycles. The van der Waals surface area contributed by atoms with Crippen molar-refractivity contribution >= 4 is 23.9 Å². The van der Waals surface area contributed by atoms with Gasteiger partial charge in [-0.3, -0.25) is 9.59 Å². The highest BCUT2D eigenvalue weighted by Crippen LogP contribution is 2.06. The van der Waals surface area contributed by atoms with E-state index in [1.165, 1.54) is 0 Å². The maximum absolute atomic E-state index is 10.1. The van der Waals surface area contributed by atoms with Crippen molar-refractivity contribution in [3.63, 3.8) is 0 Å². The summed E-state index contributed by atoms with van der Waals surface area (Å²) in [6.45, 7) is -1.13. The molecule has 0 spiro atoms. The Bertz CT molecular complexity index is 319. The highest BCUT2D eigenvalue weighted by Gasteiger charge is 1.99. The molecule has 0 radical (unpaired) electrons. The summed E-state index contributed by atoms with van der Waals surface area (Å²) in [5, 5.41) is 32.4. The number of carboxylic acid groups (broad SMARTS) is 4. The summed E-state index contributed by atoms with van der Waals surface area (Å²) in [7, 11) is 0. The maximum Gasteiger partial charge on any atom is 0.329 e. The fraction of sp³-hybridized carbons (Fsp3) is 0.692. The summed E-state index contributed by atoms with van der Waals surface area (Å²) in [5.74, 6) is -3.86. The van der Waals surface area contributed by atoms with Crippen LogP contribution in [0.1, 0.15) is 44.9 Å². The highest BCUT2D eigenvalue weighted by molar-refractivity contribution is 5.70. The van der Waals surface area contributed by atoms with Crippen LogP contribution in [0.5, 0.6) is 0 Å². The third kappa shape index (κ3) is 26.4. The first-order valence-electron chi connectivity index (χ1n) is 6.70. The Hall–Kier alpha value is -2.16. The molecule has 22 heavy (non-hydrogen) atoms. The summed E-state index contributed by atoms with van der Waals surface area (Å²) < 4.78 is 4.16. The lowest BCUT2D eigenvalue weighted by molar-refractivity contribution is -0.148. The number of ether oxygens (including phenoxy) is 1. The average Bonchev–Trinajstić information content (AvgIpc) is 2.36. The fourth-order valence-electron chi connectivity index (χ4n) is 1.31. The van der Waals surface area contributed by atoms with Gasteiger partial charge in [-0.1, -0.05) is 19.3 Å². The molecule has 128 valence electrons. The molecule has 0 atom stereocenters. The molecule has 0 saturated heterocycles. The van der Waals surface area contributed by atoms with E-state index in [4.69, 9.17) is 20.4 Å². The Morgan fingerprint density at radius 2 is 0.864 bits per heavy atom. The van der Waals surface area contributed by atoms with Gasteiger partial charge in [-0.25, -0.2) is 9.59 Å². The Balaban J connectivity index is 0. The minimum atomic E-state index is -1.17. The average molecular weight is 322 g/mol. The number of rotatable bonds is 12. The normalized spacial score (nSPS) is 9.45. The van der Waals surface area contributed by atoms with E-state index in [-0.39, 0.29) is 12.8 Å². The SMILES string of the molecule is O=C(O)CCCCCCCC(=O)O.O=C(O)COCC(=O)O. The summed E-state index contributed by atoms with van der Waals surface area (Å²) in [6, 6.07) is 0. The zero-order valence-electron chi connectivity index (χ0n) is 12.2. The van der Waals surface area contributed by atoms with Crippen LogP contribution in [-0.4, -0.2) is 57.5 Å². The van der Waals surface area contributed by atoms with Crippen LogP contribution in [-0.2, 0) is 23.9 Å². The van der Waals surface area contributed by atoms with Crippen molar-refractivity contribution in [2.24, 2.45) is 0 Å². The van der Waals surface area contributed by atoms with Gasteiger partial charge in [-0.05, 0) is 12.8 Å². The zero-order chi connectivity index (χ0) is 17.4. The second kappa shape index (κ2) is 15.2. The van der Waals surface area contributed by atoms with Gasteiger partial charge in [0.15, 0.2) is 0 Å². The van der Waals surface area contributed by atoms with Gasteiger partial charge in [0, 0.05) is 12.8 Å². The van der Waals surface area contributed by atoms with Crippen molar-refractivity contribution in [3.8, 4) is 0 Å². The number of carbonyl (C=O) groups is 4. The first-order chi connectivity index (χ1) is 10.3. The van der Waals surface area contributed by atoms with Gasteiger partial charge in [0.25, 0.3) is 0 Å². The molecule has 4 N–H and O–H groups in total. The van der Waals surface area contributed by atoms with Crippen molar-refractivity contribution in [2.75, 3.05) is 13.2 Å². The van der Waals surface area contributed by atoms with Gasteiger partial charge in [-0.15, -0.1) is 0 Å². The second-order valence-corrected chi connectivity index (χ2v) is 4.34. The van der Waals surface area contributed by atoms with E-state index in [0.717, 1.165) is 19.3 Å². The predicted octanol–water partition coefficient (Wildman–Crippen LogP) is 1.06. The topological polar surface area (TPSA) is 158 Å². The number of aliphatic carboxylic acids is 4. The van der Waals surface area contributed by atoms with E-state index >= 15 is 0 Å². The molecule has 0 bridgehead atoms. The van der Waals surface area contributed by atoms with E-state index in [1.54, 1.807) is 0 Å². The standard InChI is InChI=1S/C9H16O4.C4H6O5/c10-8(11)6-4-2-1-3-5-7-9(12)13;5-3(6)1-9-2-4(7)8/h1-7H2,(H,10,11)(H,12,13);1-2H2,(H,5,6)(H,7,8). The molecule has 0 unspecified atom stereocenters. The van der Waals surface area contributed by atoms with E-state index in [0.29, 0.717) is 12.8 Å². The molecule has 9 nitrogen and oxygen atoms in total. The molecule has 0 fully saturated rings. The van der Waals surface area contributed by atoms with Gasteiger partial charge >= 0.3 is 23.9 Å². The van der Waals surface area contributed by atoms with Crippen LogP contribution < -0.4 is 0 Å². The monoisotopic (exact) mass is 322 g/mol. The minimum Gasteiger partial charge on any atom is -0.481 e. The zero-order valence-corrected chi connectivity index (χ0v) is 12.2. The van der Waals surface area contributed by atoms with Crippen molar-refractivity contribution in [1.82, 2.24) is 0 Å². The lowest BCUT2D eigenvalue weighted by Gasteiger charge is -1.97. The fourth-order valence-corrected chi connectivity index (χ4v) is 1.31. The molecule has 0 aliphatic carbocycles. The molecule has 0 aliphatic rings. The largest absolute Gasteiger partial charge is 0.481 e. The van der Waals surface area contributed by atoms with Gasteiger partial charge in [-0.2, -0.15) is 0 Å². The molecule has 0 aromatic carbocycles. The Morgan fingerprint density at radius 1 is 0.545 bits per heavy atom. The molecule has 0 aromatic rings. The van der Waals surface area contributed by atoms with Crippen molar-refractivity contribution in [3.05, 3.63) is 0 Å². The van der Waals surface area contributed by atoms with Gasteiger partial charge in [0.1, 0.15) is 13.2 Å². The van der Waals surface area contributed by atoms with Gasteiger partial charge < -0.3 is 25.2 Å². The van der Waals surface area contributed by atoms with E-state index in [1.807, 2.05) is 0 Å². The first kappa shape index (κ1) is 22.1. The quantitative estimate of drug-likeness (QED) is 0.385. The van der Waals surface area contributed by atoms with Crippen LogP contribution in [0.2, 0.25) is 0 Å². The highest BCUT2D eigenvalue weighted by atomic mass is 16.5. The Morgan fingerprint density at radius 3 is 1.14 bits per heavy atom. The number of carboxylic acids is 4. The van der Waals surface area contributed by atoms with Crippen molar-refractivity contribution < 1.29 is 44.3 Å². The molecule has 0 aromatic heterocycles. The molecular formula is C13H22O9. The summed E-state index contributed by atoms with van der Waals surface area (Å²) in [6.07, 6.45) is 4.53. The number of hydrogen-bond donors (Lipinski definition) is 4. The van der Waals surface area contributed by atoms with E-state index < -0.39 is 37.1 Å². The first-order valence-corrected chi connectivity index (χ1v) is 6.70. The van der Waals surface area contributed by atoms with Crippen LogP contribution in [0.25, 0.3) is 0 Å². The smallest absolute Gasteiger partial charge is 0.329 e. The van der Waals surface area contributed by atoms with Crippen LogP contribution in [0.3, 0.4) is 0 Å². The van der Waals surface area contributed by atoms with E-state index in [9.17, 15) is 19.2 Å². The second-order valence-electron chi connectivity index (χ2n) is 4.34. The summed E-state index contributed by atoms with van der Waals surface area (Å²) in [5.41, 5.74) is 0. The van der Waals surface area contributed by atoms with Crippen molar-refractivity contribution in [2.45, 2.75) is 44.9 Å². The molecule has 9 heteroatoms. The van der Waals surface area contributed by atoms with Crippen LogP contribution in [0.4, 0.5) is 0 Å². The molecule has 0 aliphatic heterocycles. The van der Waals surface area contributed by atoms with Crippen LogP contribution in [0, 0.1) is 0 Å². The number of unbranched alkanes of at least 4 members (excludes halogenated alkanes) is 4. The van der Waals surface area contributed by atoms with Crippen LogP contribution >= 0.6 is 0 Å². The minimum absolute atomic E-state index is 0.221. The molecule has 0 amide bonds.